The monoisotopic (exact) mass is 309 g/mol. The molecule has 1 aliphatic rings. The zero-order chi connectivity index (χ0) is 15.1. The molecule has 0 atom stereocenters. The number of hydrogen-bond donors (Lipinski definition) is 1. The first-order chi connectivity index (χ1) is 10.7. The second kappa shape index (κ2) is 5.38. The molecule has 22 heavy (non-hydrogen) atoms. The van der Waals surface area contributed by atoms with Gasteiger partial charge in [0.05, 0.1) is 0 Å². The summed E-state index contributed by atoms with van der Waals surface area (Å²) in [6.07, 6.45) is 5.68. The minimum atomic E-state index is 0.969. The van der Waals surface area contributed by atoms with Gasteiger partial charge in [-0.1, -0.05) is 6.08 Å². The van der Waals surface area contributed by atoms with Crippen molar-refractivity contribution in [1.29, 1.82) is 0 Å². The molecule has 4 heteroatoms. The Morgan fingerprint density at radius 1 is 1.32 bits per heavy atom. The quantitative estimate of drug-likeness (QED) is 0.776. The van der Waals surface area contributed by atoms with E-state index in [0.717, 1.165) is 30.2 Å². The van der Waals surface area contributed by atoms with Crippen LogP contribution in [0.15, 0.2) is 35.9 Å². The highest BCUT2D eigenvalue weighted by atomic mass is 32.1. The van der Waals surface area contributed by atoms with Gasteiger partial charge in [-0.05, 0) is 43.7 Å². The van der Waals surface area contributed by atoms with Gasteiger partial charge in [0.2, 0.25) is 0 Å². The van der Waals surface area contributed by atoms with Gasteiger partial charge in [-0.25, -0.2) is 4.98 Å². The van der Waals surface area contributed by atoms with Crippen molar-refractivity contribution in [3.63, 3.8) is 0 Å². The summed E-state index contributed by atoms with van der Waals surface area (Å²) in [4.78, 5) is 4.62. The SMILES string of the molecule is Cc1csc(-c2ccc3c(c2)c(C2=CCNCC2)cn3C)n1. The molecule has 3 heterocycles. The van der Waals surface area contributed by atoms with E-state index in [1.165, 1.54) is 27.6 Å². The van der Waals surface area contributed by atoms with Crippen LogP contribution in [0.3, 0.4) is 0 Å². The lowest BCUT2D eigenvalue weighted by Crippen LogP contribution is -2.19. The lowest BCUT2D eigenvalue weighted by molar-refractivity contribution is 0.738. The summed E-state index contributed by atoms with van der Waals surface area (Å²) >= 11 is 1.72. The second-order valence-corrected chi connectivity index (χ2v) is 6.72. The third kappa shape index (κ3) is 2.28. The highest BCUT2D eigenvalue weighted by Gasteiger charge is 2.14. The van der Waals surface area contributed by atoms with Gasteiger partial charge in [0.15, 0.2) is 0 Å². The van der Waals surface area contributed by atoms with E-state index < -0.39 is 0 Å². The maximum Gasteiger partial charge on any atom is 0.123 e. The first-order valence-corrected chi connectivity index (χ1v) is 8.52. The molecular formula is C18H19N3S. The van der Waals surface area contributed by atoms with Crippen LogP contribution in [0.1, 0.15) is 17.7 Å². The fourth-order valence-corrected chi connectivity index (χ4v) is 3.93. The predicted molar refractivity (Wildman–Crippen MR) is 94.2 cm³/mol. The molecule has 0 fully saturated rings. The Bertz CT molecular complexity index is 870. The highest BCUT2D eigenvalue weighted by Crippen LogP contribution is 2.33. The Kier molecular flexibility index (Phi) is 3.36. The minimum Gasteiger partial charge on any atom is -0.350 e. The van der Waals surface area contributed by atoms with Crippen molar-refractivity contribution in [2.75, 3.05) is 13.1 Å². The minimum absolute atomic E-state index is 0.969. The lowest BCUT2D eigenvalue weighted by Gasteiger charge is -2.13. The van der Waals surface area contributed by atoms with Gasteiger partial charge in [-0.3, -0.25) is 0 Å². The van der Waals surface area contributed by atoms with Crippen molar-refractivity contribution in [1.82, 2.24) is 14.9 Å². The number of fused-ring (bicyclic) bond motifs is 1. The Hall–Kier alpha value is -1.91. The Balaban J connectivity index is 1.89. The molecule has 0 spiro atoms. The molecule has 4 rings (SSSR count). The van der Waals surface area contributed by atoms with E-state index in [1.54, 1.807) is 11.3 Å². The van der Waals surface area contributed by atoms with Crippen molar-refractivity contribution in [2.24, 2.45) is 7.05 Å². The van der Waals surface area contributed by atoms with Gasteiger partial charge in [-0.2, -0.15) is 0 Å². The molecular weight excluding hydrogens is 290 g/mol. The zero-order valence-electron chi connectivity index (χ0n) is 12.9. The molecule has 2 aromatic heterocycles. The van der Waals surface area contributed by atoms with Gasteiger partial charge in [0, 0.05) is 52.9 Å². The smallest absolute Gasteiger partial charge is 0.123 e. The molecule has 1 aromatic carbocycles. The van der Waals surface area contributed by atoms with Crippen molar-refractivity contribution < 1.29 is 0 Å². The summed E-state index contributed by atoms with van der Waals surface area (Å²) in [7, 11) is 2.13. The second-order valence-electron chi connectivity index (χ2n) is 5.86. The van der Waals surface area contributed by atoms with Gasteiger partial charge in [0.1, 0.15) is 5.01 Å². The van der Waals surface area contributed by atoms with Crippen LogP contribution in [0.5, 0.6) is 0 Å². The van der Waals surface area contributed by atoms with E-state index in [0.29, 0.717) is 0 Å². The molecule has 0 aliphatic carbocycles. The molecule has 0 unspecified atom stereocenters. The Morgan fingerprint density at radius 3 is 2.95 bits per heavy atom. The number of aryl methyl sites for hydroxylation is 2. The van der Waals surface area contributed by atoms with E-state index >= 15 is 0 Å². The largest absolute Gasteiger partial charge is 0.350 e. The van der Waals surface area contributed by atoms with Crippen LogP contribution < -0.4 is 5.32 Å². The summed E-state index contributed by atoms with van der Waals surface area (Å²) in [5.41, 5.74) is 6.42. The fraction of sp³-hybridized carbons (Fsp3) is 0.278. The van der Waals surface area contributed by atoms with Crippen molar-refractivity contribution in [3.05, 3.63) is 47.1 Å². The molecule has 0 saturated heterocycles. The molecule has 3 nitrogen and oxygen atoms in total. The Morgan fingerprint density at radius 2 is 2.23 bits per heavy atom. The van der Waals surface area contributed by atoms with E-state index in [2.05, 4.69) is 57.8 Å². The summed E-state index contributed by atoms with van der Waals surface area (Å²) in [5, 5.41) is 7.94. The number of nitrogens with zero attached hydrogens (tertiary/aromatic N) is 2. The van der Waals surface area contributed by atoms with Crippen molar-refractivity contribution >= 4 is 27.8 Å². The van der Waals surface area contributed by atoms with Crippen molar-refractivity contribution in [3.8, 4) is 10.6 Å². The summed E-state index contributed by atoms with van der Waals surface area (Å²) < 4.78 is 2.23. The van der Waals surface area contributed by atoms with Gasteiger partial charge in [-0.15, -0.1) is 11.3 Å². The molecule has 112 valence electrons. The van der Waals surface area contributed by atoms with E-state index in [4.69, 9.17) is 0 Å². The molecule has 0 radical (unpaired) electrons. The maximum atomic E-state index is 4.62. The van der Waals surface area contributed by atoms with E-state index in [1.807, 2.05) is 6.92 Å². The van der Waals surface area contributed by atoms with Crippen LogP contribution in [-0.4, -0.2) is 22.6 Å². The van der Waals surface area contributed by atoms with Crippen molar-refractivity contribution in [2.45, 2.75) is 13.3 Å². The van der Waals surface area contributed by atoms with Crippen LogP contribution >= 0.6 is 11.3 Å². The maximum absolute atomic E-state index is 4.62. The lowest BCUT2D eigenvalue weighted by atomic mass is 9.99. The number of thiazole rings is 1. The first kappa shape index (κ1) is 13.7. The fourth-order valence-electron chi connectivity index (χ4n) is 3.13. The normalized spacial score (nSPS) is 15.3. The average Bonchev–Trinajstić information content (AvgIpc) is 3.12. The standard InChI is InChI=1S/C18H19N3S/c1-12-11-22-18(20-12)14-3-4-17-15(9-14)16(10-21(17)2)13-5-7-19-8-6-13/h3-5,9-11,19H,6-8H2,1-2H3. The molecule has 0 bridgehead atoms. The predicted octanol–water partition coefficient (Wildman–Crippen LogP) is 3.99. The molecule has 0 amide bonds. The molecule has 0 saturated carbocycles. The number of aromatic nitrogens is 2. The van der Waals surface area contributed by atoms with E-state index in [9.17, 15) is 0 Å². The van der Waals surface area contributed by atoms with Crippen LogP contribution in [0.4, 0.5) is 0 Å². The van der Waals surface area contributed by atoms with Crippen LogP contribution in [-0.2, 0) is 7.05 Å². The molecule has 3 aromatic rings. The third-order valence-corrected chi connectivity index (χ3v) is 5.27. The highest BCUT2D eigenvalue weighted by molar-refractivity contribution is 7.13. The Labute approximate surface area is 134 Å². The number of hydrogen-bond acceptors (Lipinski definition) is 3. The number of rotatable bonds is 2. The van der Waals surface area contributed by atoms with E-state index in [-0.39, 0.29) is 0 Å². The first-order valence-electron chi connectivity index (χ1n) is 7.64. The number of benzene rings is 1. The summed E-state index contributed by atoms with van der Waals surface area (Å²) in [6, 6.07) is 6.69. The van der Waals surface area contributed by atoms with Crippen LogP contribution in [0.25, 0.3) is 27.0 Å². The molecule has 1 aliphatic heterocycles. The van der Waals surface area contributed by atoms with Gasteiger partial charge >= 0.3 is 0 Å². The summed E-state index contributed by atoms with van der Waals surface area (Å²) in [5.74, 6) is 0. The zero-order valence-corrected chi connectivity index (χ0v) is 13.7. The van der Waals surface area contributed by atoms with Crippen LogP contribution in [0, 0.1) is 6.92 Å². The summed E-state index contributed by atoms with van der Waals surface area (Å²) in [6.45, 7) is 4.08. The van der Waals surface area contributed by atoms with Crippen LogP contribution in [0.2, 0.25) is 0 Å². The third-order valence-electron chi connectivity index (χ3n) is 4.27. The topological polar surface area (TPSA) is 29.9 Å². The number of nitrogens with one attached hydrogen (secondary N) is 1. The van der Waals surface area contributed by atoms with Gasteiger partial charge in [0.25, 0.3) is 0 Å². The van der Waals surface area contributed by atoms with Gasteiger partial charge < -0.3 is 9.88 Å². The average molecular weight is 309 g/mol. The molecule has 1 N–H and O–H groups in total.